The van der Waals surface area contributed by atoms with Crippen LogP contribution in [0.5, 0.6) is 0 Å². The number of aromatic amines is 1. The largest absolute Gasteiger partial charge is 0.342 e. The molecule has 0 aliphatic rings. The molecule has 0 radical (unpaired) electrons. The van der Waals surface area contributed by atoms with Gasteiger partial charge in [0.25, 0.3) is 5.56 Å². The van der Waals surface area contributed by atoms with Gasteiger partial charge in [0.2, 0.25) is 5.91 Å². The Balaban J connectivity index is 1.80. The maximum atomic E-state index is 12.5. The molecule has 0 atom stereocenters. The van der Waals surface area contributed by atoms with Crippen LogP contribution in [0.3, 0.4) is 0 Å². The maximum absolute atomic E-state index is 12.5. The van der Waals surface area contributed by atoms with E-state index in [-0.39, 0.29) is 11.5 Å². The van der Waals surface area contributed by atoms with Crippen molar-refractivity contribution in [3.05, 3.63) is 52.6 Å². The van der Waals surface area contributed by atoms with Gasteiger partial charge in [-0.15, -0.1) is 11.3 Å². The van der Waals surface area contributed by atoms with Crippen LogP contribution in [0.4, 0.5) is 0 Å². The second-order valence-electron chi connectivity index (χ2n) is 6.45. The molecule has 0 unspecified atom stereocenters. The van der Waals surface area contributed by atoms with E-state index >= 15 is 0 Å². The van der Waals surface area contributed by atoms with Crippen LogP contribution in [0.1, 0.15) is 19.7 Å². The van der Waals surface area contributed by atoms with Crippen molar-refractivity contribution in [3.8, 4) is 10.4 Å². The second kappa shape index (κ2) is 8.45. The summed E-state index contributed by atoms with van der Waals surface area (Å²) in [7, 11) is 1.86. The van der Waals surface area contributed by atoms with Crippen molar-refractivity contribution in [1.82, 2.24) is 19.8 Å². The Morgan fingerprint density at radius 1 is 1.19 bits per heavy atom. The van der Waals surface area contributed by atoms with E-state index in [1.807, 2.05) is 62.2 Å². The molecule has 6 nitrogen and oxygen atoms in total. The fourth-order valence-corrected chi connectivity index (χ4v) is 4.07. The zero-order valence-electron chi connectivity index (χ0n) is 15.9. The van der Waals surface area contributed by atoms with Crippen LogP contribution in [0, 0.1) is 0 Å². The van der Waals surface area contributed by atoms with E-state index in [2.05, 4.69) is 9.97 Å². The van der Waals surface area contributed by atoms with E-state index in [1.165, 1.54) is 11.3 Å². The maximum Gasteiger partial charge on any atom is 0.259 e. The minimum Gasteiger partial charge on any atom is -0.342 e. The number of rotatable bonds is 7. The molecule has 3 rings (SSSR count). The highest BCUT2D eigenvalue weighted by Crippen LogP contribution is 2.30. The number of carbonyl (C=O) groups excluding carboxylic acids is 1. The van der Waals surface area contributed by atoms with Crippen molar-refractivity contribution < 1.29 is 4.79 Å². The standard InChI is InChI=1S/C20H24N4O2S/c1-4-24(5-2)18(25)13-23(3)12-17-21-19(26)15-11-16(27-20(15)22-17)14-9-7-6-8-10-14/h6-11H,4-5,12-13H2,1-3H3,(H,21,22,26). The van der Waals surface area contributed by atoms with Gasteiger partial charge in [-0.2, -0.15) is 0 Å². The number of carbonyl (C=O) groups is 1. The smallest absolute Gasteiger partial charge is 0.259 e. The predicted octanol–water partition coefficient (Wildman–Crippen LogP) is 2.95. The number of fused-ring (bicyclic) bond motifs is 1. The van der Waals surface area contributed by atoms with Crippen molar-refractivity contribution in [2.75, 3.05) is 26.7 Å². The molecule has 1 aromatic carbocycles. The monoisotopic (exact) mass is 384 g/mol. The molecular weight excluding hydrogens is 360 g/mol. The fraction of sp³-hybridized carbons (Fsp3) is 0.350. The predicted molar refractivity (Wildman–Crippen MR) is 110 cm³/mol. The molecule has 0 aliphatic heterocycles. The van der Waals surface area contributed by atoms with Gasteiger partial charge in [0.1, 0.15) is 10.7 Å². The van der Waals surface area contributed by atoms with Crippen LogP contribution in [-0.4, -0.2) is 52.4 Å². The zero-order valence-corrected chi connectivity index (χ0v) is 16.7. The molecule has 0 saturated carbocycles. The number of nitrogens with one attached hydrogen (secondary N) is 1. The van der Waals surface area contributed by atoms with Gasteiger partial charge in [0.05, 0.1) is 18.5 Å². The van der Waals surface area contributed by atoms with Gasteiger partial charge in [0, 0.05) is 18.0 Å². The topological polar surface area (TPSA) is 69.3 Å². The Morgan fingerprint density at radius 3 is 2.56 bits per heavy atom. The molecular formula is C20H24N4O2S. The Bertz CT molecular complexity index is 977. The van der Waals surface area contributed by atoms with E-state index in [1.54, 1.807) is 4.90 Å². The summed E-state index contributed by atoms with van der Waals surface area (Å²) in [5.41, 5.74) is 0.931. The molecule has 1 N–H and O–H groups in total. The van der Waals surface area contributed by atoms with E-state index in [4.69, 9.17) is 0 Å². The van der Waals surface area contributed by atoms with Gasteiger partial charge in [-0.25, -0.2) is 4.98 Å². The first-order valence-corrected chi connectivity index (χ1v) is 9.88. The molecule has 0 bridgehead atoms. The molecule has 7 heteroatoms. The van der Waals surface area contributed by atoms with Gasteiger partial charge < -0.3 is 9.88 Å². The van der Waals surface area contributed by atoms with Gasteiger partial charge >= 0.3 is 0 Å². The molecule has 0 saturated heterocycles. The van der Waals surface area contributed by atoms with Gasteiger partial charge in [-0.05, 0) is 32.5 Å². The number of H-pyrrole nitrogens is 1. The summed E-state index contributed by atoms with van der Waals surface area (Å²) in [5, 5.41) is 0.601. The van der Waals surface area contributed by atoms with Crippen molar-refractivity contribution in [2.45, 2.75) is 20.4 Å². The van der Waals surface area contributed by atoms with Crippen LogP contribution in [0.15, 0.2) is 41.2 Å². The van der Waals surface area contributed by atoms with E-state index < -0.39 is 0 Å². The highest BCUT2D eigenvalue weighted by Gasteiger charge is 2.15. The Labute approximate surface area is 162 Å². The SMILES string of the molecule is CCN(CC)C(=O)CN(C)Cc1nc2sc(-c3ccccc3)cc2c(=O)[nH]1. The molecule has 0 fully saturated rings. The number of benzene rings is 1. The number of amides is 1. The highest BCUT2D eigenvalue weighted by molar-refractivity contribution is 7.21. The molecule has 1 amide bonds. The summed E-state index contributed by atoms with van der Waals surface area (Å²) in [5.74, 6) is 0.650. The van der Waals surface area contributed by atoms with E-state index in [9.17, 15) is 9.59 Å². The van der Waals surface area contributed by atoms with Crippen molar-refractivity contribution >= 4 is 27.5 Å². The number of hydrogen-bond acceptors (Lipinski definition) is 5. The summed E-state index contributed by atoms with van der Waals surface area (Å²) >= 11 is 1.51. The van der Waals surface area contributed by atoms with Gasteiger partial charge in [-0.3, -0.25) is 14.5 Å². The number of nitrogens with zero attached hydrogens (tertiary/aromatic N) is 3. The highest BCUT2D eigenvalue weighted by atomic mass is 32.1. The first-order chi connectivity index (χ1) is 13.0. The van der Waals surface area contributed by atoms with E-state index in [0.29, 0.717) is 37.4 Å². The Hall–Kier alpha value is -2.51. The minimum absolute atomic E-state index is 0.0772. The van der Waals surface area contributed by atoms with Crippen LogP contribution >= 0.6 is 11.3 Å². The third-order valence-corrected chi connectivity index (χ3v) is 5.53. The minimum atomic E-state index is -0.142. The molecule has 142 valence electrons. The number of hydrogen-bond donors (Lipinski definition) is 1. The average Bonchev–Trinajstić information content (AvgIpc) is 3.08. The summed E-state index contributed by atoms with van der Waals surface area (Å²) in [6, 6.07) is 11.8. The normalized spacial score (nSPS) is 11.3. The molecule has 2 heterocycles. The summed E-state index contributed by atoms with van der Waals surface area (Å²) in [6.07, 6.45) is 0. The van der Waals surface area contributed by atoms with Crippen molar-refractivity contribution in [3.63, 3.8) is 0 Å². The van der Waals surface area contributed by atoms with Crippen LogP contribution in [-0.2, 0) is 11.3 Å². The molecule has 0 aliphatic carbocycles. The number of aromatic nitrogens is 2. The van der Waals surface area contributed by atoms with Crippen LogP contribution in [0.25, 0.3) is 20.7 Å². The lowest BCUT2D eigenvalue weighted by atomic mass is 10.2. The summed E-state index contributed by atoms with van der Waals surface area (Å²) < 4.78 is 0. The summed E-state index contributed by atoms with van der Waals surface area (Å²) in [6.45, 7) is 6.04. The second-order valence-corrected chi connectivity index (χ2v) is 7.48. The average molecular weight is 385 g/mol. The lowest BCUT2D eigenvalue weighted by Gasteiger charge is -2.22. The molecule has 0 spiro atoms. The Kier molecular flexibility index (Phi) is 6.03. The lowest BCUT2D eigenvalue weighted by molar-refractivity contribution is -0.131. The first kappa shape index (κ1) is 19.3. The van der Waals surface area contributed by atoms with Gasteiger partial charge in [0.15, 0.2) is 0 Å². The Morgan fingerprint density at radius 2 is 1.89 bits per heavy atom. The molecule has 3 aromatic rings. The number of likely N-dealkylation sites (N-methyl/N-ethyl adjacent to an activating group) is 2. The lowest BCUT2D eigenvalue weighted by Crippen LogP contribution is -2.38. The van der Waals surface area contributed by atoms with Crippen LogP contribution in [0.2, 0.25) is 0 Å². The fourth-order valence-electron chi connectivity index (χ4n) is 3.01. The van der Waals surface area contributed by atoms with Crippen molar-refractivity contribution in [2.24, 2.45) is 0 Å². The zero-order chi connectivity index (χ0) is 19.4. The molecule has 27 heavy (non-hydrogen) atoms. The third-order valence-electron chi connectivity index (χ3n) is 4.45. The van der Waals surface area contributed by atoms with Crippen LogP contribution < -0.4 is 5.56 Å². The number of thiophene rings is 1. The van der Waals surface area contributed by atoms with Gasteiger partial charge in [-0.1, -0.05) is 30.3 Å². The summed E-state index contributed by atoms with van der Waals surface area (Å²) in [4.78, 5) is 37.6. The van der Waals surface area contributed by atoms with Crippen molar-refractivity contribution in [1.29, 1.82) is 0 Å². The molecule has 2 aromatic heterocycles. The van der Waals surface area contributed by atoms with E-state index in [0.717, 1.165) is 15.3 Å². The first-order valence-electron chi connectivity index (χ1n) is 9.06. The quantitative estimate of drug-likeness (QED) is 0.680. The third kappa shape index (κ3) is 4.43.